The van der Waals surface area contributed by atoms with Gasteiger partial charge in [0, 0.05) is 23.5 Å². The molecule has 0 aliphatic carbocycles. The molecule has 8 nitrogen and oxygen atoms in total. The van der Waals surface area contributed by atoms with Gasteiger partial charge < -0.3 is 19.9 Å². The molecule has 1 heterocycles. The summed E-state index contributed by atoms with van der Waals surface area (Å²) in [5.41, 5.74) is 3.09. The van der Waals surface area contributed by atoms with Crippen LogP contribution in [0.1, 0.15) is 44.7 Å². The van der Waals surface area contributed by atoms with Crippen molar-refractivity contribution in [2.45, 2.75) is 62.7 Å². The summed E-state index contributed by atoms with van der Waals surface area (Å²) in [5, 5.41) is 29.8. The summed E-state index contributed by atoms with van der Waals surface area (Å²) in [6.07, 6.45) is -2.81. The Morgan fingerprint density at radius 2 is 1.48 bits per heavy atom. The highest BCUT2D eigenvalue weighted by atomic mass is 32.2. The number of carboxylic acid groups (broad SMARTS) is 1. The highest BCUT2D eigenvalue weighted by molar-refractivity contribution is 7.93. The van der Waals surface area contributed by atoms with Gasteiger partial charge in [-0.3, -0.25) is 9.52 Å². The normalized spacial score (nSPS) is 13.2. The number of carbonyl (C=O) groups is 1. The quantitative estimate of drug-likeness (QED) is 0.153. The van der Waals surface area contributed by atoms with E-state index in [-0.39, 0.29) is 30.2 Å². The largest absolute Gasteiger partial charge is 0.481 e. The van der Waals surface area contributed by atoms with Crippen LogP contribution in [0.2, 0.25) is 0 Å². The third-order valence-electron chi connectivity index (χ3n) is 6.92. The smallest absolute Gasteiger partial charge is 0.305 e. The Balaban J connectivity index is 1.95. The van der Waals surface area contributed by atoms with Crippen LogP contribution in [0.25, 0.3) is 22.4 Å². The molecule has 0 saturated heterocycles. The van der Waals surface area contributed by atoms with Crippen LogP contribution >= 0.6 is 0 Å². The van der Waals surface area contributed by atoms with Crippen molar-refractivity contribution in [1.82, 2.24) is 4.57 Å². The van der Waals surface area contributed by atoms with Crippen LogP contribution in [0, 0.1) is 5.82 Å². The van der Waals surface area contributed by atoms with E-state index in [1.54, 1.807) is 42.5 Å². The lowest BCUT2D eigenvalue weighted by atomic mass is 10.0. The summed E-state index contributed by atoms with van der Waals surface area (Å²) in [6.45, 7) is 3.91. The highest BCUT2D eigenvalue weighted by Crippen LogP contribution is 2.45. The molecular formula is C32H35FN2O6S. The molecule has 222 valence electrons. The van der Waals surface area contributed by atoms with E-state index in [0.717, 1.165) is 0 Å². The SMILES string of the molecule is CC(C)c1c(S(=O)(=O)Nc2ccccc2)c(-c2ccccc2)c(-c2ccc(F)cc2)n1CC[C@@H](O)C[C@@H](O)CC(=O)O. The fraction of sp³-hybridized carbons (Fsp3) is 0.281. The van der Waals surface area contributed by atoms with E-state index >= 15 is 0 Å². The molecule has 0 saturated carbocycles. The number of benzene rings is 3. The number of nitrogens with zero attached hydrogens (tertiary/aromatic N) is 1. The second-order valence-electron chi connectivity index (χ2n) is 10.5. The number of halogens is 1. The van der Waals surface area contributed by atoms with Gasteiger partial charge in [-0.25, -0.2) is 12.8 Å². The molecule has 4 N–H and O–H groups in total. The molecule has 2 atom stereocenters. The molecular weight excluding hydrogens is 559 g/mol. The predicted octanol–water partition coefficient (Wildman–Crippen LogP) is 5.86. The molecule has 0 aliphatic heterocycles. The maximum atomic E-state index is 14.2. The second-order valence-corrected chi connectivity index (χ2v) is 12.1. The Hall–Kier alpha value is -3.99. The van der Waals surface area contributed by atoms with Gasteiger partial charge in [0.25, 0.3) is 10.0 Å². The average Bonchev–Trinajstić information content (AvgIpc) is 3.29. The molecule has 42 heavy (non-hydrogen) atoms. The van der Waals surface area contributed by atoms with E-state index in [2.05, 4.69) is 4.72 Å². The monoisotopic (exact) mass is 594 g/mol. The lowest BCUT2D eigenvalue weighted by Gasteiger charge is -2.20. The van der Waals surface area contributed by atoms with Gasteiger partial charge in [-0.2, -0.15) is 0 Å². The number of aliphatic hydroxyl groups excluding tert-OH is 2. The van der Waals surface area contributed by atoms with Crippen LogP contribution < -0.4 is 4.72 Å². The summed E-state index contributed by atoms with van der Waals surface area (Å²) in [4.78, 5) is 11.1. The van der Waals surface area contributed by atoms with Crippen molar-refractivity contribution in [3.63, 3.8) is 0 Å². The van der Waals surface area contributed by atoms with Crippen LogP contribution in [0.4, 0.5) is 10.1 Å². The molecule has 4 rings (SSSR count). The Kier molecular flexibility index (Phi) is 9.82. The second kappa shape index (κ2) is 13.3. The Labute approximate surface area is 245 Å². The van der Waals surface area contributed by atoms with Crippen molar-refractivity contribution >= 4 is 21.7 Å². The third-order valence-corrected chi connectivity index (χ3v) is 8.37. The zero-order valence-corrected chi connectivity index (χ0v) is 24.3. The van der Waals surface area contributed by atoms with Crippen LogP contribution in [0.3, 0.4) is 0 Å². The van der Waals surface area contributed by atoms with E-state index in [9.17, 15) is 27.8 Å². The Bertz CT molecular complexity index is 1600. The van der Waals surface area contributed by atoms with E-state index in [1.807, 2.05) is 48.7 Å². The summed E-state index contributed by atoms with van der Waals surface area (Å²) in [6, 6.07) is 23.4. The molecule has 0 unspecified atom stereocenters. The zero-order chi connectivity index (χ0) is 30.4. The maximum Gasteiger partial charge on any atom is 0.305 e. The molecule has 0 bridgehead atoms. The number of nitrogens with one attached hydrogen (secondary N) is 1. The minimum atomic E-state index is -4.17. The van der Waals surface area contributed by atoms with Crippen molar-refractivity contribution in [1.29, 1.82) is 0 Å². The summed E-state index contributed by atoms with van der Waals surface area (Å²) in [5.74, 6) is -1.91. The number of carboxylic acids is 1. The van der Waals surface area contributed by atoms with E-state index in [4.69, 9.17) is 5.11 Å². The van der Waals surface area contributed by atoms with Crippen LogP contribution in [-0.4, -0.2) is 46.5 Å². The molecule has 1 aromatic heterocycles. The van der Waals surface area contributed by atoms with Crippen molar-refractivity contribution in [3.8, 4) is 22.4 Å². The van der Waals surface area contributed by atoms with Gasteiger partial charge in [-0.05, 0) is 66.3 Å². The van der Waals surface area contributed by atoms with Gasteiger partial charge in [0.05, 0.1) is 24.3 Å². The van der Waals surface area contributed by atoms with Crippen LogP contribution in [-0.2, 0) is 21.4 Å². The van der Waals surface area contributed by atoms with Crippen molar-refractivity contribution in [2.24, 2.45) is 0 Å². The molecule has 4 aromatic rings. The van der Waals surface area contributed by atoms with Gasteiger partial charge in [0.2, 0.25) is 0 Å². The van der Waals surface area contributed by atoms with Crippen LogP contribution in [0.15, 0.2) is 89.8 Å². The van der Waals surface area contributed by atoms with E-state index < -0.39 is 40.4 Å². The van der Waals surface area contributed by atoms with Gasteiger partial charge in [0.1, 0.15) is 10.7 Å². The number of aromatic nitrogens is 1. The fourth-order valence-electron chi connectivity index (χ4n) is 5.18. The highest BCUT2D eigenvalue weighted by Gasteiger charge is 2.34. The minimum Gasteiger partial charge on any atom is -0.481 e. The number of aliphatic carboxylic acids is 1. The van der Waals surface area contributed by atoms with Gasteiger partial charge in [-0.1, -0.05) is 62.4 Å². The lowest BCUT2D eigenvalue weighted by molar-refractivity contribution is -0.139. The number of hydrogen-bond acceptors (Lipinski definition) is 5. The lowest BCUT2D eigenvalue weighted by Crippen LogP contribution is -2.22. The Morgan fingerprint density at radius 1 is 0.881 bits per heavy atom. The topological polar surface area (TPSA) is 129 Å². The third kappa shape index (κ3) is 7.25. The summed E-state index contributed by atoms with van der Waals surface area (Å²) in [7, 11) is -4.17. The number of sulfonamides is 1. The van der Waals surface area contributed by atoms with Crippen molar-refractivity contribution < 1.29 is 32.9 Å². The average molecular weight is 595 g/mol. The van der Waals surface area contributed by atoms with Gasteiger partial charge in [-0.15, -0.1) is 0 Å². The van der Waals surface area contributed by atoms with E-state index in [0.29, 0.717) is 33.8 Å². The Morgan fingerprint density at radius 3 is 2.05 bits per heavy atom. The first-order valence-electron chi connectivity index (χ1n) is 13.7. The molecule has 0 amide bonds. The van der Waals surface area contributed by atoms with Gasteiger partial charge >= 0.3 is 5.97 Å². The molecule has 3 aromatic carbocycles. The van der Waals surface area contributed by atoms with E-state index in [1.165, 1.54) is 12.1 Å². The predicted molar refractivity (Wildman–Crippen MR) is 160 cm³/mol. The standard InChI is InChI=1S/C32H35FN2O6S/c1-21(2)30-32(42(40,41)34-25-11-7-4-8-12-25)29(22-9-5-3-6-10-22)31(23-13-15-24(33)16-14-23)35(30)18-17-26(36)19-27(37)20-28(38)39/h3-16,21,26-27,34,36-37H,17-20H2,1-2H3,(H,38,39)/t26-,27-/m1/s1. The first-order chi connectivity index (χ1) is 20.0. The molecule has 10 heteroatoms. The zero-order valence-electron chi connectivity index (χ0n) is 23.4. The first kappa shape index (κ1) is 31.0. The van der Waals surface area contributed by atoms with Crippen molar-refractivity contribution in [2.75, 3.05) is 4.72 Å². The van der Waals surface area contributed by atoms with Gasteiger partial charge in [0.15, 0.2) is 0 Å². The molecule has 0 aliphatic rings. The minimum absolute atomic E-state index is 0.0762. The van der Waals surface area contributed by atoms with Crippen molar-refractivity contribution in [3.05, 3.63) is 96.4 Å². The maximum absolute atomic E-state index is 14.2. The fourth-order valence-corrected chi connectivity index (χ4v) is 6.83. The molecule has 0 fully saturated rings. The number of hydrogen-bond donors (Lipinski definition) is 4. The summed E-state index contributed by atoms with van der Waals surface area (Å²) < 4.78 is 47.0. The number of aliphatic hydroxyl groups is 2. The number of para-hydroxylation sites is 1. The first-order valence-corrected chi connectivity index (χ1v) is 15.2. The summed E-state index contributed by atoms with van der Waals surface area (Å²) >= 11 is 0. The number of anilines is 1. The van der Waals surface area contributed by atoms with Crippen LogP contribution in [0.5, 0.6) is 0 Å². The molecule has 0 radical (unpaired) electrons. The number of rotatable bonds is 13. The molecule has 0 spiro atoms.